The Labute approximate surface area is 165 Å². The number of aryl methyl sites for hydroxylation is 1. The molecule has 1 atom stereocenters. The second kappa shape index (κ2) is 8.66. The average Bonchev–Trinajstić information content (AvgIpc) is 3.32. The Morgan fingerprint density at radius 2 is 2.18 bits per heavy atom. The standard InChI is InChI=1S/C19H28N6O3/c1-15-6-5-7-16(12-15)28-13-17(26)24-9-8-19(14-24,23(2)3)18-20-21-22-25(18)10-11-27-4/h5-7,12H,8-11,13-14H2,1-4H3. The molecule has 1 aliphatic rings. The van der Waals surface area contributed by atoms with Crippen molar-refractivity contribution >= 4 is 5.91 Å². The van der Waals surface area contributed by atoms with Crippen LogP contribution >= 0.6 is 0 Å². The molecule has 1 aromatic carbocycles. The SMILES string of the molecule is COCCn1nnnc1C1(N(C)C)CCN(C(=O)COc2cccc(C)c2)C1. The van der Waals surface area contributed by atoms with Crippen molar-refractivity contribution in [2.75, 3.05) is 47.5 Å². The van der Waals surface area contributed by atoms with Gasteiger partial charge in [-0.1, -0.05) is 12.1 Å². The van der Waals surface area contributed by atoms with Crippen molar-refractivity contribution in [1.82, 2.24) is 30.0 Å². The van der Waals surface area contributed by atoms with Gasteiger partial charge in [-0.05, 0) is 55.6 Å². The molecule has 1 fully saturated rings. The first kappa shape index (κ1) is 20.2. The van der Waals surface area contributed by atoms with Gasteiger partial charge in [0.05, 0.1) is 13.2 Å². The van der Waals surface area contributed by atoms with E-state index in [9.17, 15) is 4.79 Å². The molecule has 1 unspecified atom stereocenters. The number of hydrogen-bond acceptors (Lipinski definition) is 7. The minimum Gasteiger partial charge on any atom is -0.484 e. The molecule has 9 nitrogen and oxygen atoms in total. The predicted molar refractivity (Wildman–Crippen MR) is 103 cm³/mol. The highest BCUT2D eigenvalue weighted by Crippen LogP contribution is 2.35. The van der Waals surface area contributed by atoms with Crippen LogP contribution in [0.4, 0.5) is 0 Å². The molecule has 1 aromatic heterocycles. The molecule has 152 valence electrons. The summed E-state index contributed by atoms with van der Waals surface area (Å²) in [6, 6.07) is 7.69. The van der Waals surface area contributed by atoms with Crippen LogP contribution in [0.3, 0.4) is 0 Å². The lowest BCUT2D eigenvalue weighted by atomic mass is 9.96. The molecule has 0 radical (unpaired) electrons. The van der Waals surface area contributed by atoms with Gasteiger partial charge < -0.3 is 14.4 Å². The maximum absolute atomic E-state index is 12.7. The molecule has 1 amide bonds. The van der Waals surface area contributed by atoms with Crippen LogP contribution < -0.4 is 4.74 Å². The van der Waals surface area contributed by atoms with Crippen molar-refractivity contribution in [3.63, 3.8) is 0 Å². The number of likely N-dealkylation sites (tertiary alicyclic amines) is 1. The summed E-state index contributed by atoms with van der Waals surface area (Å²) in [6.45, 7) is 4.25. The van der Waals surface area contributed by atoms with Gasteiger partial charge in [0.1, 0.15) is 11.3 Å². The van der Waals surface area contributed by atoms with Crippen LogP contribution in [0.25, 0.3) is 0 Å². The third-order valence-electron chi connectivity index (χ3n) is 5.26. The minimum atomic E-state index is -0.434. The molecule has 9 heteroatoms. The number of hydrogen-bond donors (Lipinski definition) is 0. The lowest BCUT2D eigenvalue weighted by Gasteiger charge is -2.34. The van der Waals surface area contributed by atoms with Gasteiger partial charge in [0, 0.05) is 20.2 Å². The smallest absolute Gasteiger partial charge is 0.260 e. The van der Waals surface area contributed by atoms with Crippen molar-refractivity contribution < 1.29 is 14.3 Å². The average molecular weight is 388 g/mol. The Bertz CT molecular complexity index is 808. The van der Waals surface area contributed by atoms with Gasteiger partial charge >= 0.3 is 0 Å². The number of carbonyl (C=O) groups is 1. The maximum atomic E-state index is 12.7. The Morgan fingerprint density at radius 1 is 1.36 bits per heavy atom. The highest BCUT2D eigenvalue weighted by atomic mass is 16.5. The van der Waals surface area contributed by atoms with Crippen LogP contribution in [0.1, 0.15) is 17.8 Å². The quantitative estimate of drug-likeness (QED) is 0.658. The third kappa shape index (κ3) is 4.15. The summed E-state index contributed by atoms with van der Waals surface area (Å²) in [5, 5.41) is 12.2. The summed E-state index contributed by atoms with van der Waals surface area (Å²) in [5.41, 5.74) is 0.664. The number of benzene rings is 1. The molecular weight excluding hydrogens is 360 g/mol. The fourth-order valence-electron chi connectivity index (χ4n) is 3.56. The van der Waals surface area contributed by atoms with Crippen LogP contribution in [-0.4, -0.2) is 83.4 Å². The van der Waals surface area contributed by atoms with E-state index in [-0.39, 0.29) is 12.5 Å². The zero-order valence-corrected chi connectivity index (χ0v) is 17.0. The minimum absolute atomic E-state index is 0.0155. The van der Waals surface area contributed by atoms with Crippen LogP contribution in [-0.2, 0) is 21.6 Å². The number of nitrogens with zero attached hydrogens (tertiary/aromatic N) is 6. The van der Waals surface area contributed by atoms with E-state index in [1.807, 2.05) is 50.2 Å². The first-order valence-electron chi connectivity index (χ1n) is 9.36. The predicted octanol–water partition coefficient (Wildman–Crippen LogP) is 0.696. The molecule has 2 aromatic rings. The molecule has 0 bridgehead atoms. The van der Waals surface area contributed by atoms with Crippen LogP contribution in [0, 0.1) is 6.92 Å². The fourth-order valence-corrected chi connectivity index (χ4v) is 3.56. The maximum Gasteiger partial charge on any atom is 0.260 e. The molecule has 0 spiro atoms. The van der Waals surface area contributed by atoms with Crippen LogP contribution in [0.2, 0.25) is 0 Å². The number of rotatable bonds is 8. The van der Waals surface area contributed by atoms with Crippen molar-refractivity contribution in [2.45, 2.75) is 25.4 Å². The van der Waals surface area contributed by atoms with E-state index in [1.165, 1.54) is 0 Å². The van der Waals surface area contributed by atoms with E-state index in [0.717, 1.165) is 17.8 Å². The van der Waals surface area contributed by atoms with Crippen molar-refractivity contribution in [3.05, 3.63) is 35.7 Å². The van der Waals surface area contributed by atoms with Gasteiger partial charge in [-0.2, -0.15) is 0 Å². The van der Waals surface area contributed by atoms with E-state index in [2.05, 4.69) is 20.4 Å². The lowest BCUT2D eigenvalue weighted by Crippen LogP contribution is -2.47. The monoisotopic (exact) mass is 388 g/mol. The highest BCUT2D eigenvalue weighted by Gasteiger charge is 2.47. The summed E-state index contributed by atoms with van der Waals surface area (Å²) < 4.78 is 12.6. The first-order valence-corrected chi connectivity index (χ1v) is 9.36. The van der Waals surface area contributed by atoms with Crippen molar-refractivity contribution in [2.24, 2.45) is 0 Å². The number of methoxy groups -OCH3 is 1. The number of likely N-dealkylation sites (N-methyl/N-ethyl adjacent to an activating group) is 1. The summed E-state index contributed by atoms with van der Waals surface area (Å²) in [7, 11) is 5.63. The summed E-state index contributed by atoms with van der Waals surface area (Å²) in [4.78, 5) is 16.7. The van der Waals surface area contributed by atoms with E-state index >= 15 is 0 Å². The second-order valence-electron chi connectivity index (χ2n) is 7.31. The van der Waals surface area contributed by atoms with E-state index in [1.54, 1.807) is 11.8 Å². The molecule has 2 heterocycles. The molecule has 0 saturated carbocycles. The van der Waals surface area contributed by atoms with E-state index in [0.29, 0.717) is 32.0 Å². The molecular formula is C19H28N6O3. The summed E-state index contributed by atoms with van der Waals surface area (Å²) in [5.74, 6) is 1.42. The number of ether oxygens (including phenoxy) is 2. The molecule has 0 aliphatic carbocycles. The molecule has 1 aliphatic heterocycles. The molecule has 28 heavy (non-hydrogen) atoms. The van der Waals surface area contributed by atoms with Gasteiger partial charge in [-0.25, -0.2) is 4.68 Å². The number of aromatic nitrogens is 4. The largest absolute Gasteiger partial charge is 0.484 e. The number of amides is 1. The first-order chi connectivity index (χ1) is 13.5. The Balaban J connectivity index is 1.70. The van der Waals surface area contributed by atoms with Gasteiger partial charge in [0.15, 0.2) is 12.4 Å². The lowest BCUT2D eigenvalue weighted by molar-refractivity contribution is -0.132. The van der Waals surface area contributed by atoms with Gasteiger partial charge in [0.2, 0.25) is 0 Å². The van der Waals surface area contributed by atoms with Gasteiger partial charge in [-0.3, -0.25) is 9.69 Å². The van der Waals surface area contributed by atoms with Crippen LogP contribution in [0.15, 0.2) is 24.3 Å². The molecule has 3 rings (SSSR count). The Kier molecular flexibility index (Phi) is 6.25. The summed E-state index contributed by atoms with van der Waals surface area (Å²) >= 11 is 0. The van der Waals surface area contributed by atoms with E-state index < -0.39 is 5.54 Å². The fraction of sp³-hybridized carbons (Fsp3) is 0.579. The topological polar surface area (TPSA) is 85.6 Å². The van der Waals surface area contributed by atoms with Crippen molar-refractivity contribution in [3.8, 4) is 5.75 Å². The van der Waals surface area contributed by atoms with Crippen LogP contribution in [0.5, 0.6) is 5.75 Å². The van der Waals surface area contributed by atoms with Gasteiger partial charge in [-0.15, -0.1) is 5.10 Å². The van der Waals surface area contributed by atoms with Crippen molar-refractivity contribution in [1.29, 1.82) is 0 Å². The molecule has 1 saturated heterocycles. The Hall–Kier alpha value is -2.52. The Morgan fingerprint density at radius 3 is 2.89 bits per heavy atom. The zero-order valence-electron chi connectivity index (χ0n) is 17.0. The molecule has 0 N–H and O–H groups in total. The highest BCUT2D eigenvalue weighted by molar-refractivity contribution is 5.78. The zero-order chi connectivity index (χ0) is 20.1. The van der Waals surface area contributed by atoms with E-state index in [4.69, 9.17) is 9.47 Å². The second-order valence-corrected chi connectivity index (χ2v) is 7.31. The third-order valence-corrected chi connectivity index (χ3v) is 5.26. The van der Waals surface area contributed by atoms with Gasteiger partial charge in [0.25, 0.3) is 5.91 Å². The number of tetrazole rings is 1. The number of carbonyl (C=O) groups excluding carboxylic acids is 1. The normalized spacial score (nSPS) is 19.4. The summed E-state index contributed by atoms with van der Waals surface area (Å²) in [6.07, 6.45) is 0.754.